The van der Waals surface area contributed by atoms with Gasteiger partial charge in [0.1, 0.15) is 14.9 Å². The van der Waals surface area contributed by atoms with Crippen LogP contribution in [0.3, 0.4) is 0 Å². The van der Waals surface area contributed by atoms with Crippen LogP contribution in [0.2, 0.25) is 0 Å². The highest BCUT2D eigenvalue weighted by atomic mass is 32.1. The lowest BCUT2D eigenvalue weighted by molar-refractivity contribution is 0.0702. The van der Waals surface area contributed by atoms with Gasteiger partial charge in [-0.15, -0.1) is 32.9 Å². The average molecular weight is 297 g/mol. The van der Waals surface area contributed by atoms with E-state index in [0.29, 0.717) is 11.4 Å². The molecule has 2 aromatic rings. The van der Waals surface area contributed by atoms with Crippen LogP contribution in [0.4, 0.5) is 0 Å². The molecule has 2 aromatic heterocycles. The fourth-order valence-corrected chi connectivity index (χ4v) is 3.42. The zero-order valence-corrected chi connectivity index (χ0v) is 12.6. The van der Waals surface area contributed by atoms with Crippen molar-refractivity contribution in [3.63, 3.8) is 0 Å². The smallest absolute Gasteiger partial charge is 0.345 e. The number of rotatable bonds is 5. The number of carbonyl (C=O) groups is 1. The maximum Gasteiger partial charge on any atom is 0.345 e. The Morgan fingerprint density at radius 3 is 2.58 bits per heavy atom. The molecule has 0 aromatic carbocycles. The summed E-state index contributed by atoms with van der Waals surface area (Å²) < 4.78 is 0. The van der Waals surface area contributed by atoms with Crippen LogP contribution in [0, 0.1) is 13.8 Å². The number of carboxylic acids is 1. The summed E-state index contributed by atoms with van der Waals surface area (Å²) in [6.45, 7) is 5.33. The van der Waals surface area contributed by atoms with Crippen LogP contribution in [-0.2, 0) is 13.1 Å². The maximum atomic E-state index is 10.9. The summed E-state index contributed by atoms with van der Waals surface area (Å²) in [5.74, 6) is -0.859. The highest BCUT2D eigenvalue weighted by molar-refractivity contribution is 7.14. The molecule has 0 bridgehead atoms. The predicted molar refractivity (Wildman–Crippen MR) is 75.8 cm³/mol. The molecule has 5 nitrogen and oxygen atoms in total. The first-order chi connectivity index (χ1) is 8.95. The van der Waals surface area contributed by atoms with Gasteiger partial charge in [0.05, 0.1) is 6.54 Å². The lowest BCUT2D eigenvalue weighted by atomic mass is 10.2. The van der Waals surface area contributed by atoms with E-state index in [-0.39, 0.29) is 0 Å². The quantitative estimate of drug-likeness (QED) is 0.918. The van der Waals surface area contributed by atoms with Crippen LogP contribution in [-0.4, -0.2) is 33.2 Å². The summed E-state index contributed by atoms with van der Waals surface area (Å²) in [5.41, 5.74) is 1.06. The SMILES string of the molecule is Cc1nnc(CN(C)Cc2cc(C(=O)O)sc2C)s1. The summed E-state index contributed by atoms with van der Waals surface area (Å²) in [4.78, 5) is 14.5. The molecule has 1 N–H and O–H groups in total. The zero-order valence-electron chi connectivity index (χ0n) is 11.0. The molecule has 0 atom stereocenters. The zero-order chi connectivity index (χ0) is 14.0. The molecule has 2 heterocycles. The Labute approximate surface area is 119 Å². The van der Waals surface area contributed by atoms with Gasteiger partial charge in [-0.3, -0.25) is 4.90 Å². The number of thiophene rings is 1. The molecule has 0 saturated heterocycles. The van der Waals surface area contributed by atoms with Crippen molar-refractivity contribution in [2.75, 3.05) is 7.05 Å². The fraction of sp³-hybridized carbons (Fsp3) is 0.417. The third-order valence-corrected chi connectivity index (χ3v) is 4.55. The van der Waals surface area contributed by atoms with E-state index in [9.17, 15) is 4.79 Å². The van der Waals surface area contributed by atoms with Crippen molar-refractivity contribution >= 4 is 28.6 Å². The van der Waals surface area contributed by atoms with Crippen molar-refractivity contribution in [2.24, 2.45) is 0 Å². The van der Waals surface area contributed by atoms with Crippen molar-refractivity contribution in [1.29, 1.82) is 0 Å². The van der Waals surface area contributed by atoms with E-state index in [4.69, 9.17) is 5.11 Å². The largest absolute Gasteiger partial charge is 0.477 e. The summed E-state index contributed by atoms with van der Waals surface area (Å²) in [6.07, 6.45) is 0. The molecule has 0 amide bonds. The second kappa shape index (κ2) is 5.77. The normalized spacial score (nSPS) is 11.2. The number of hydrogen-bond acceptors (Lipinski definition) is 6. The number of aryl methyl sites for hydroxylation is 2. The van der Waals surface area contributed by atoms with Crippen molar-refractivity contribution in [2.45, 2.75) is 26.9 Å². The van der Waals surface area contributed by atoms with E-state index in [1.54, 1.807) is 17.4 Å². The average Bonchev–Trinajstić information content (AvgIpc) is 2.86. The topological polar surface area (TPSA) is 66.3 Å². The van der Waals surface area contributed by atoms with Crippen LogP contribution in [0.25, 0.3) is 0 Å². The standard InChI is InChI=1S/C12H15N3O2S2/c1-7-9(4-10(18-7)12(16)17)5-15(3)6-11-14-13-8(2)19-11/h4H,5-6H2,1-3H3,(H,16,17). The maximum absolute atomic E-state index is 10.9. The third kappa shape index (κ3) is 3.59. The Balaban J connectivity index is 2.02. The number of hydrogen-bond donors (Lipinski definition) is 1. The van der Waals surface area contributed by atoms with Crippen molar-refractivity contribution < 1.29 is 9.90 Å². The molecule has 7 heteroatoms. The Kier molecular flexibility index (Phi) is 4.28. The van der Waals surface area contributed by atoms with E-state index < -0.39 is 5.97 Å². The third-order valence-electron chi connectivity index (χ3n) is 2.64. The highest BCUT2D eigenvalue weighted by Gasteiger charge is 2.13. The predicted octanol–water partition coefficient (Wildman–Crippen LogP) is 2.55. The minimum absolute atomic E-state index is 0.396. The van der Waals surface area contributed by atoms with Gasteiger partial charge in [0, 0.05) is 11.4 Å². The summed E-state index contributed by atoms with van der Waals surface area (Å²) in [6, 6.07) is 1.75. The molecule has 0 aliphatic heterocycles. The highest BCUT2D eigenvalue weighted by Crippen LogP contribution is 2.23. The molecule has 19 heavy (non-hydrogen) atoms. The van der Waals surface area contributed by atoms with E-state index in [0.717, 1.165) is 27.0 Å². The number of carboxylic acid groups (broad SMARTS) is 1. The first-order valence-corrected chi connectivity index (χ1v) is 7.39. The first-order valence-electron chi connectivity index (χ1n) is 5.76. The molecule has 2 rings (SSSR count). The molecule has 0 spiro atoms. The lowest BCUT2D eigenvalue weighted by Gasteiger charge is -2.14. The van der Waals surface area contributed by atoms with E-state index in [1.807, 2.05) is 20.9 Å². The van der Waals surface area contributed by atoms with Gasteiger partial charge in [-0.05, 0) is 32.5 Å². The van der Waals surface area contributed by atoms with Gasteiger partial charge in [0.2, 0.25) is 0 Å². The number of aromatic carboxylic acids is 1. The minimum Gasteiger partial charge on any atom is -0.477 e. The van der Waals surface area contributed by atoms with Crippen molar-refractivity contribution in [3.8, 4) is 0 Å². The van der Waals surface area contributed by atoms with Gasteiger partial charge in [-0.1, -0.05) is 0 Å². The van der Waals surface area contributed by atoms with Crippen LogP contribution >= 0.6 is 22.7 Å². The monoisotopic (exact) mass is 297 g/mol. The van der Waals surface area contributed by atoms with Gasteiger partial charge in [0.15, 0.2) is 0 Å². The molecule has 0 unspecified atom stereocenters. The summed E-state index contributed by atoms with van der Waals surface area (Å²) in [5, 5.41) is 19.0. The second-order valence-corrected chi connectivity index (χ2v) is 6.91. The lowest BCUT2D eigenvalue weighted by Crippen LogP contribution is -2.17. The molecule has 0 fully saturated rings. The first kappa shape index (κ1) is 14.1. The van der Waals surface area contributed by atoms with Crippen LogP contribution in [0.1, 0.15) is 30.1 Å². The Hall–Kier alpha value is -1.31. The second-order valence-electron chi connectivity index (χ2n) is 4.38. The Morgan fingerprint density at radius 2 is 2.05 bits per heavy atom. The van der Waals surface area contributed by atoms with Crippen LogP contribution < -0.4 is 0 Å². The van der Waals surface area contributed by atoms with Gasteiger partial charge in [0.25, 0.3) is 0 Å². The van der Waals surface area contributed by atoms with E-state index in [1.165, 1.54) is 11.3 Å². The van der Waals surface area contributed by atoms with E-state index in [2.05, 4.69) is 15.1 Å². The molecule has 0 radical (unpaired) electrons. The van der Waals surface area contributed by atoms with Crippen LogP contribution in [0.15, 0.2) is 6.07 Å². The van der Waals surface area contributed by atoms with Gasteiger partial charge in [-0.25, -0.2) is 4.79 Å². The molecular formula is C12H15N3O2S2. The molecule has 0 saturated carbocycles. The molecule has 0 aliphatic carbocycles. The number of nitrogens with zero attached hydrogens (tertiary/aromatic N) is 3. The molecular weight excluding hydrogens is 282 g/mol. The van der Waals surface area contributed by atoms with Gasteiger partial charge >= 0.3 is 5.97 Å². The van der Waals surface area contributed by atoms with Crippen LogP contribution in [0.5, 0.6) is 0 Å². The summed E-state index contributed by atoms with van der Waals surface area (Å²) >= 11 is 2.91. The van der Waals surface area contributed by atoms with E-state index >= 15 is 0 Å². The van der Waals surface area contributed by atoms with Crippen molar-refractivity contribution in [3.05, 3.63) is 31.4 Å². The van der Waals surface area contributed by atoms with Crippen molar-refractivity contribution in [1.82, 2.24) is 15.1 Å². The van der Waals surface area contributed by atoms with Gasteiger partial charge < -0.3 is 5.11 Å². The Bertz CT molecular complexity index is 592. The minimum atomic E-state index is -0.859. The Morgan fingerprint density at radius 1 is 1.32 bits per heavy atom. The summed E-state index contributed by atoms with van der Waals surface area (Å²) in [7, 11) is 1.99. The molecule has 0 aliphatic rings. The number of aromatic nitrogens is 2. The van der Waals surface area contributed by atoms with Gasteiger partial charge in [-0.2, -0.15) is 0 Å². The molecule has 102 valence electrons. The fourth-order valence-electron chi connectivity index (χ4n) is 1.76.